The highest BCUT2D eigenvalue weighted by atomic mass is 32.1. The van der Waals surface area contributed by atoms with Crippen LogP contribution in [-0.2, 0) is 20.7 Å². The highest BCUT2D eigenvalue weighted by Gasteiger charge is 2.16. The Morgan fingerprint density at radius 2 is 2.42 bits per heavy atom. The Bertz CT molecular complexity index is 461. The molecule has 1 N–H and O–H groups in total. The number of hydrogen-bond donors (Lipinski definition) is 1. The number of carbonyl (C=O) groups is 2. The number of anilines is 1. The molecule has 1 amide bonds. The van der Waals surface area contributed by atoms with E-state index in [-0.39, 0.29) is 11.9 Å². The number of carbonyl (C=O) groups excluding carboxylic acids is 2. The molecule has 0 aliphatic carbocycles. The molecule has 7 heteroatoms. The summed E-state index contributed by atoms with van der Waals surface area (Å²) < 4.78 is 4.60. The third-order valence-corrected chi connectivity index (χ3v) is 3.89. The van der Waals surface area contributed by atoms with E-state index in [1.54, 1.807) is 11.3 Å². The van der Waals surface area contributed by atoms with Crippen LogP contribution in [0.1, 0.15) is 18.5 Å². The van der Waals surface area contributed by atoms with Gasteiger partial charge in [-0.1, -0.05) is 0 Å². The zero-order valence-corrected chi connectivity index (χ0v) is 11.7. The smallest absolute Gasteiger partial charge is 0.305 e. The van der Waals surface area contributed by atoms with E-state index in [4.69, 9.17) is 0 Å². The first-order chi connectivity index (χ1) is 9.19. The first-order valence-corrected chi connectivity index (χ1v) is 7.10. The largest absolute Gasteiger partial charge is 0.469 e. The SMILES string of the molecule is COC(=O)CCc1csc(N2CCNC(=O)CC2)n1. The maximum absolute atomic E-state index is 11.3. The Hall–Kier alpha value is -1.63. The maximum atomic E-state index is 11.3. The standard InChI is InChI=1S/C12H17N3O3S/c1-18-11(17)3-2-9-8-19-12(14-9)15-6-4-10(16)13-5-7-15/h8H,2-7H2,1H3,(H,13,16). The lowest BCUT2D eigenvalue weighted by atomic mass is 10.2. The Morgan fingerprint density at radius 1 is 1.58 bits per heavy atom. The molecular weight excluding hydrogens is 266 g/mol. The van der Waals surface area contributed by atoms with Gasteiger partial charge in [-0.3, -0.25) is 9.59 Å². The summed E-state index contributed by atoms with van der Waals surface area (Å²) in [7, 11) is 1.38. The van der Waals surface area contributed by atoms with Gasteiger partial charge in [0.2, 0.25) is 5.91 Å². The summed E-state index contributed by atoms with van der Waals surface area (Å²) in [6, 6.07) is 0. The topological polar surface area (TPSA) is 71.5 Å². The van der Waals surface area contributed by atoms with E-state index < -0.39 is 0 Å². The minimum Gasteiger partial charge on any atom is -0.469 e. The zero-order chi connectivity index (χ0) is 13.7. The van der Waals surface area contributed by atoms with Crippen LogP contribution in [0.3, 0.4) is 0 Å². The van der Waals surface area contributed by atoms with Crippen molar-refractivity contribution in [3.63, 3.8) is 0 Å². The third-order valence-electron chi connectivity index (χ3n) is 2.94. The highest BCUT2D eigenvalue weighted by Crippen LogP contribution is 2.22. The molecule has 1 aliphatic rings. The van der Waals surface area contributed by atoms with Gasteiger partial charge in [0, 0.05) is 37.9 Å². The van der Waals surface area contributed by atoms with E-state index in [0.717, 1.165) is 17.4 Å². The minimum absolute atomic E-state index is 0.0879. The van der Waals surface area contributed by atoms with Crippen LogP contribution >= 0.6 is 11.3 Å². The number of nitrogens with one attached hydrogen (secondary N) is 1. The Morgan fingerprint density at radius 3 is 3.21 bits per heavy atom. The minimum atomic E-state index is -0.223. The normalized spacial score (nSPS) is 15.8. The summed E-state index contributed by atoms with van der Waals surface area (Å²) in [5.41, 5.74) is 0.897. The van der Waals surface area contributed by atoms with Crippen molar-refractivity contribution in [3.8, 4) is 0 Å². The van der Waals surface area contributed by atoms with Crippen molar-refractivity contribution >= 4 is 28.3 Å². The second-order valence-corrected chi connectivity index (χ2v) is 5.12. The molecule has 1 saturated heterocycles. The predicted octanol–water partition coefficient (Wildman–Crippen LogP) is 0.575. The molecule has 2 rings (SSSR count). The second kappa shape index (κ2) is 6.51. The van der Waals surface area contributed by atoms with Crippen LogP contribution < -0.4 is 10.2 Å². The van der Waals surface area contributed by atoms with E-state index in [1.165, 1.54) is 7.11 Å². The number of aryl methyl sites for hydroxylation is 1. The van der Waals surface area contributed by atoms with E-state index in [0.29, 0.717) is 32.4 Å². The highest BCUT2D eigenvalue weighted by molar-refractivity contribution is 7.13. The van der Waals surface area contributed by atoms with Gasteiger partial charge in [0.05, 0.1) is 19.2 Å². The molecule has 0 radical (unpaired) electrons. The maximum Gasteiger partial charge on any atom is 0.305 e. The summed E-state index contributed by atoms with van der Waals surface area (Å²) >= 11 is 1.55. The van der Waals surface area contributed by atoms with E-state index in [9.17, 15) is 9.59 Å². The first kappa shape index (κ1) is 13.8. The lowest BCUT2D eigenvalue weighted by molar-refractivity contribution is -0.140. The summed E-state index contributed by atoms with van der Waals surface area (Å²) in [6.45, 7) is 2.11. The van der Waals surface area contributed by atoms with Crippen molar-refractivity contribution in [2.24, 2.45) is 0 Å². The fraction of sp³-hybridized carbons (Fsp3) is 0.583. The number of thiazole rings is 1. The van der Waals surface area contributed by atoms with E-state index in [1.807, 2.05) is 5.38 Å². The lowest BCUT2D eigenvalue weighted by Crippen LogP contribution is -2.28. The number of esters is 1. The Kier molecular flexibility index (Phi) is 4.73. The van der Waals surface area contributed by atoms with Crippen molar-refractivity contribution in [1.29, 1.82) is 0 Å². The molecule has 1 aliphatic heterocycles. The van der Waals surface area contributed by atoms with Crippen LogP contribution in [0.15, 0.2) is 5.38 Å². The quantitative estimate of drug-likeness (QED) is 0.818. The average Bonchev–Trinajstić information content (AvgIpc) is 2.78. The molecule has 0 bridgehead atoms. The summed E-state index contributed by atoms with van der Waals surface area (Å²) in [6.07, 6.45) is 1.44. The molecule has 1 fully saturated rings. The fourth-order valence-corrected chi connectivity index (χ4v) is 2.76. The van der Waals surface area contributed by atoms with Crippen LogP contribution in [0, 0.1) is 0 Å². The Labute approximate surface area is 115 Å². The van der Waals surface area contributed by atoms with Gasteiger partial charge in [-0.2, -0.15) is 0 Å². The third kappa shape index (κ3) is 3.92. The number of aromatic nitrogens is 1. The number of nitrogens with zero attached hydrogens (tertiary/aromatic N) is 2. The van der Waals surface area contributed by atoms with Crippen LogP contribution in [0.5, 0.6) is 0 Å². The van der Waals surface area contributed by atoms with Gasteiger partial charge in [-0.05, 0) is 0 Å². The van der Waals surface area contributed by atoms with Crippen LogP contribution in [0.4, 0.5) is 5.13 Å². The zero-order valence-electron chi connectivity index (χ0n) is 10.8. The molecule has 6 nitrogen and oxygen atoms in total. The lowest BCUT2D eigenvalue weighted by Gasteiger charge is -2.17. The van der Waals surface area contributed by atoms with Gasteiger partial charge in [0.25, 0.3) is 0 Å². The van der Waals surface area contributed by atoms with Crippen molar-refractivity contribution in [2.75, 3.05) is 31.6 Å². The van der Waals surface area contributed by atoms with Crippen molar-refractivity contribution in [1.82, 2.24) is 10.3 Å². The number of amides is 1. The summed E-state index contributed by atoms with van der Waals surface area (Å²) in [4.78, 5) is 28.9. The van der Waals surface area contributed by atoms with Gasteiger partial charge < -0.3 is 15.0 Å². The first-order valence-electron chi connectivity index (χ1n) is 6.22. The molecule has 0 unspecified atom stereocenters. The molecule has 0 atom stereocenters. The molecule has 0 saturated carbocycles. The van der Waals surface area contributed by atoms with Crippen LogP contribution in [-0.4, -0.2) is 43.6 Å². The molecular formula is C12H17N3O3S. The fourth-order valence-electron chi connectivity index (χ4n) is 1.85. The second-order valence-electron chi connectivity index (χ2n) is 4.28. The van der Waals surface area contributed by atoms with Crippen LogP contribution in [0.2, 0.25) is 0 Å². The predicted molar refractivity (Wildman–Crippen MR) is 72.3 cm³/mol. The Balaban J connectivity index is 1.92. The number of ether oxygens (including phenoxy) is 1. The molecule has 1 aromatic heterocycles. The van der Waals surface area contributed by atoms with Gasteiger partial charge in [0.15, 0.2) is 5.13 Å². The number of hydrogen-bond acceptors (Lipinski definition) is 6. The van der Waals surface area contributed by atoms with Gasteiger partial charge in [-0.15, -0.1) is 11.3 Å². The number of rotatable bonds is 4. The van der Waals surface area contributed by atoms with E-state index in [2.05, 4.69) is 19.9 Å². The molecule has 0 spiro atoms. The van der Waals surface area contributed by atoms with Crippen LogP contribution in [0.25, 0.3) is 0 Å². The molecule has 0 aromatic carbocycles. The molecule has 19 heavy (non-hydrogen) atoms. The monoisotopic (exact) mass is 283 g/mol. The van der Waals surface area contributed by atoms with Gasteiger partial charge in [-0.25, -0.2) is 4.98 Å². The van der Waals surface area contributed by atoms with Crippen molar-refractivity contribution < 1.29 is 14.3 Å². The molecule has 104 valence electrons. The van der Waals surface area contributed by atoms with Gasteiger partial charge >= 0.3 is 5.97 Å². The van der Waals surface area contributed by atoms with Crippen molar-refractivity contribution in [3.05, 3.63) is 11.1 Å². The summed E-state index contributed by atoms with van der Waals surface area (Å²) in [5, 5.41) is 5.70. The van der Waals surface area contributed by atoms with Gasteiger partial charge in [0.1, 0.15) is 0 Å². The molecule has 2 heterocycles. The molecule has 1 aromatic rings. The van der Waals surface area contributed by atoms with Crippen molar-refractivity contribution in [2.45, 2.75) is 19.3 Å². The number of methoxy groups -OCH3 is 1. The average molecular weight is 283 g/mol. The summed E-state index contributed by atoms with van der Waals surface area (Å²) in [5.74, 6) is -0.135. The van der Waals surface area contributed by atoms with E-state index >= 15 is 0 Å².